The van der Waals surface area contributed by atoms with Crippen molar-refractivity contribution < 1.29 is 19.2 Å². The number of hydrogen-bond acceptors (Lipinski definition) is 7. The summed E-state index contributed by atoms with van der Waals surface area (Å²) in [5.74, 6) is -0.485. The smallest absolute Gasteiger partial charge is 0.342 e. The molecule has 0 saturated carbocycles. The number of aryl methyl sites for hydroxylation is 1. The van der Waals surface area contributed by atoms with Gasteiger partial charge in [0, 0.05) is 30.6 Å². The predicted molar refractivity (Wildman–Crippen MR) is 110 cm³/mol. The number of nitrogens with zero attached hydrogens (tertiary/aromatic N) is 5. The van der Waals surface area contributed by atoms with E-state index in [0.29, 0.717) is 36.6 Å². The van der Waals surface area contributed by atoms with E-state index in [-0.39, 0.29) is 11.3 Å². The highest BCUT2D eigenvalue weighted by atomic mass is 16.6. The molecular weight excluding hydrogens is 402 g/mol. The maximum atomic E-state index is 12.7. The summed E-state index contributed by atoms with van der Waals surface area (Å²) in [5.41, 5.74) is 2.12. The molecule has 0 aliphatic carbocycles. The molecule has 0 unspecified atom stereocenters. The third kappa shape index (κ3) is 4.00. The van der Waals surface area contributed by atoms with Gasteiger partial charge in [-0.1, -0.05) is 6.07 Å². The Balaban J connectivity index is 1.45. The van der Waals surface area contributed by atoms with E-state index in [1.807, 2.05) is 6.07 Å². The second-order valence-electron chi connectivity index (χ2n) is 7.04. The number of fused-ring (bicyclic) bond motifs is 1. The van der Waals surface area contributed by atoms with Crippen LogP contribution in [0, 0.1) is 17.0 Å². The van der Waals surface area contributed by atoms with Gasteiger partial charge < -0.3 is 9.64 Å². The molecule has 3 heterocycles. The van der Waals surface area contributed by atoms with Crippen molar-refractivity contribution in [3.63, 3.8) is 0 Å². The van der Waals surface area contributed by atoms with E-state index in [2.05, 4.69) is 10.1 Å². The maximum Gasteiger partial charge on any atom is 0.342 e. The summed E-state index contributed by atoms with van der Waals surface area (Å²) in [4.78, 5) is 41.5. The molecule has 1 aliphatic rings. The van der Waals surface area contributed by atoms with Crippen LogP contribution in [0.1, 0.15) is 28.0 Å². The molecule has 0 N–H and O–H groups in total. The lowest BCUT2D eigenvalue weighted by Gasteiger charge is -2.29. The number of nitro benzene ring substituents is 1. The van der Waals surface area contributed by atoms with Crippen LogP contribution >= 0.6 is 0 Å². The third-order valence-electron chi connectivity index (χ3n) is 5.12. The van der Waals surface area contributed by atoms with Gasteiger partial charge in [0.15, 0.2) is 12.4 Å². The second kappa shape index (κ2) is 8.34. The van der Waals surface area contributed by atoms with Crippen LogP contribution in [0.25, 0.3) is 5.82 Å². The minimum Gasteiger partial charge on any atom is -0.452 e. The number of esters is 1. The van der Waals surface area contributed by atoms with Gasteiger partial charge in [-0.3, -0.25) is 14.9 Å². The Hall–Kier alpha value is -4.08. The summed E-state index contributed by atoms with van der Waals surface area (Å²) in [6.07, 6.45) is 4.32. The Labute approximate surface area is 177 Å². The summed E-state index contributed by atoms with van der Waals surface area (Å²) in [5, 5.41) is 15.2. The number of anilines is 1. The number of non-ortho nitro benzene ring substituents is 1. The van der Waals surface area contributed by atoms with Crippen LogP contribution in [0.5, 0.6) is 0 Å². The third-order valence-corrected chi connectivity index (χ3v) is 5.12. The number of ether oxygens (including phenoxy) is 1. The normalized spacial score (nSPS) is 12.9. The van der Waals surface area contributed by atoms with Gasteiger partial charge in [0.25, 0.3) is 11.6 Å². The van der Waals surface area contributed by atoms with Crippen LogP contribution in [-0.4, -0.2) is 44.7 Å². The van der Waals surface area contributed by atoms with Gasteiger partial charge in [-0.2, -0.15) is 5.10 Å². The van der Waals surface area contributed by atoms with E-state index in [1.54, 1.807) is 31.3 Å². The van der Waals surface area contributed by atoms with E-state index in [9.17, 15) is 19.7 Å². The van der Waals surface area contributed by atoms with Gasteiger partial charge >= 0.3 is 5.97 Å². The predicted octanol–water partition coefficient (Wildman–Crippen LogP) is 2.62. The first-order valence-electron chi connectivity index (χ1n) is 9.66. The molecular formula is C21H19N5O5. The molecule has 2 aromatic heterocycles. The van der Waals surface area contributed by atoms with Crippen molar-refractivity contribution in [3.8, 4) is 5.82 Å². The first-order chi connectivity index (χ1) is 15.0. The van der Waals surface area contributed by atoms with E-state index in [4.69, 9.17) is 4.74 Å². The highest BCUT2D eigenvalue weighted by Gasteiger charge is 2.26. The summed E-state index contributed by atoms with van der Waals surface area (Å²) >= 11 is 0. The fourth-order valence-corrected chi connectivity index (χ4v) is 3.56. The van der Waals surface area contributed by atoms with Crippen LogP contribution in [0.3, 0.4) is 0 Å². The number of pyridine rings is 1. The molecule has 10 heteroatoms. The van der Waals surface area contributed by atoms with Crippen LogP contribution < -0.4 is 4.90 Å². The first-order valence-corrected chi connectivity index (χ1v) is 9.66. The fraction of sp³-hybridized carbons (Fsp3) is 0.238. The molecule has 4 rings (SSSR count). The van der Waals surface area contributed by atoms with Crippen LogP contribution in [0.15, 0.2) is 48.8 Å². The van der Waals surface area contributed by atoms with Gasteiger partial charge in [0.1, 0.15) is 5.56 Å². The molecule has 3 aromatic rings. The molecule has 0 spiro atoms. The highest BCUT2D eigenvalue weighted by Crippen LogP contribution is 2.30. The maximum absolute atomic E-state index is 12.7. The Morgan fingerprint density at radius 3 is 2.84 bits per heavy atom. The topological polar surface area (TPSA) is 120 Å². The summed E-state index contributed by atoms with van der Waals surface area (Å²) < 4.78 is 6.76. The van der Waals surface area contributed by atoms with Gasteiger partial charge in [0.05, 0.1) is 16.8 Å². The van der Waals surface area contributed by atoms with Gasteiger partial charge in [-0.15, -0.1) is 0 Å². The van der Waals surface area contributed by atoms with Crippen molar-refractivity contribution in [1.82, 2.24) is 14.8 Å². The summed E-state index contributed by atoms with van der Waals surface area (Å²) in [6, 6.07) is 9.76. The average Bonchev–Trinajstić information content (AvgIpc) is 3.18. The van der Waals surface area contributed by atoms with Crippen molar-refractivity contribution in [2.24, 2.45) is 0 Å². The highest BCUT2D eigenvalue weighted by molar-refractivity contribution is 5.98. The zero-order valence-corrected chi connectivity index (χ0v) is 16.7. The summed E-state index contributed by atoms with van der Waals surface area (Å²) in [6.45, 7) is 1.73. The number of carbonyl (C=O) groups excluding carboxylic acids is 2. The minimum atomic E-state index is -0.658. The number of nitro groups is 1. The lowest BCUT2D eigenvalue weighted by Crippen LogP contribution is -2.38. The fourth-order valence-electron chi connectivity index (χ4n) is 3.56. The number of carbonyl (C=O) groups is 2. The molecule has 10 nitrogen and oxygen atoms in total. The van der Waals surface area contributed by atoms with Crippen molar-refractivity contribution >= 4 is 23.3 Å². The number of amides is 1. The molecule has 158 valence electrons. The van der Waals surface area contributed by atoms with E-state index in [0.717, 1.165) is 5.56 Å². The molecule has 0 radical (unpaired) electrons. The average molecular weight is 421 g/mol. The second-order valence-corrected chi connectivity index (χ2v) is 7.04. The number of aromatic nitrogens is 3. The Morgan fingerprint density at radius 2 is 2.10 bits per heavy atom. The standard InChI is InChI=1S/C21H19N5O5/c1-14-17(12-23-25(14)19-6-2-3-9-22-19)21(28)31-13-20(27)24-10-4-5-15-11-16(26(29)30)7-8-18(15)24/h2-3,6-9,11-12H,4-5,10,13H2,1H3. The Bertz CT molecular complexity index is 1160. The molecule has 1 aliphatic heterocycles. The molecule has 0 atom stereocenters. The lowest BCUT2D eigenvalue weighted by atomic mass is 10.0. The number of benzene rings is 1. The molecule has 1 amide bonds. The van der Waals surface area contributed by atoms with Crippen LogP contribution in [0.4, 0.5) is 11.4 Å². The zero-order chi connectivity index (χ0) is 22.0. The van der Waals surface area contributed by atoms with Crippen molar-refractivity contribution in [2.45, 2.75) is 19.8 Å². The first kappa shape index (κ1) is 20.2. The molecule has 31 heavy (non-hydrogen) atoms. The van der Waals surface area contributed by atoms with Gasteiger partial charge in [0.2, 0.25) is 0 Å². The van der Waals surface area contributed by atoms with Gasteiger partial charge in [-0.25, -0.2) is 14.5 Å². The van der Waals surface area contributed by atoms with Crippen molar-refractivity contribution in [1.29, 1.82) is 0 Å². The zero-order valence-electron chi connectivity index (χ0n) is 16.7. The summed E-state index contributed by atoms with van der Waals surface area (Å²) in [7, 11) is 0. The van der Waals surface area contributed by atoms with Gasteiger partial charge in [-0.05, 0) is 43.5 Å². The number of rotatable bonds is 5. The Morgan fingerprint density at radius 1 is 1.26 bits per heavy atom. The molecule has 0 fully saturated rings. The minimum absolute atomic E-state index is 0.0140. The quantitative estimate of drug-likeness (QED) is 0.353. The van der Waals surface area contributed by atoms with Crippen molar-refractivity contribution in [3.05, 3.63) is 75.7 Å². The molecule has 0 bridgehead atoms. The SMILES string of the molecule is Cc1c(C(=O)OCC(=O)N2CCCc3cc([N+](=O)[O-])ccc32)cnn1-c1ccccn1. The largest absolute Gasteiger partial charge is 0.452 e. The monoisotopic (exact) mass is 421 g/mol. The van der Waals surface area contributed by atoms with E-state index in [1.165, 1.54) is 27.9 Å². The lowest BCUT2D eigenvalue weighted by molar-refractivity contribution is -0.384. The Kier molecular flexibility index (Phi) is 5.44. The van der Waals surface area contributed by atoms with Crippen LogP contribution in [0.2, 0.25) is 0 Å². The van der Waals surface area contributed by atoms with Crippen LogP contribution in [-0.2, 0) is 16.0 Å². The van der Waals surface area contributed by atoms with E-state index < -0.39 is 23.4 Å². The molecule has 0 saturated heterocycles. The van der Waals surface area contributed by atoms with E-state index >= 15 is 0 Å². The van der Waals surface area contributed by atoms with Crippen molar-refractivity contribution in [2.75, 3.05) is 18.1 Å². The number of hydrogen-bond donors (Lipinski definition) is 0. The molecule has 1 aromatic carbocycles.